The lowest BCUT2D eigenvalue weighted by Crippen LogP contribution is -2.33. The number of ketones is 1. The summed E-state index contributed by atoms with van der Waals surface area (Å²) in [6.07, 6.45) is -0.0482. The van der Waals surface area contributed by atoms with Crippen LogP contribution in [0.1, 0.15) is 37.9 Å². The van der Waals surface area contributed by atoms with Crippen molar-refractivity contribution in [3.05, 3.63) is 94.5 Å². The number of nitrogens with zero attached hydrogens (tertiary/aromatic N) is 1. The van der Waals surface area contributed by atoms with Crippen LogP contribution >= 0.6 is 11.6 Å². The Kier molecular flexibility index (Phi) is 8.71. The van der Waals surface area contributed by atoms with Crippen molar-refractivity contribution in [2.45, 2.75) is 32.9 Å². The largest absolute Gasteiger partial charge is 0.507 e. The first-order chi connectivity index (χ1) is 18.3. The standard InChI is InChI=1S/C30H30ClNO6/c1-4-36-22-13-14-25(31)24(18-22)28(33)26-27(32(30(35)29(26)34)15-16-37-19(2)3)20-9-8-12-23(17-20)38-21-10-6-5-7-11-21/h5-14,17-19,27,33H,4,15-16H2,1-3H3/b28-26+. The lowest BCUT2D eigenvalue weighted by Gasteiger charge is -2.26. The molecule has 1 unspecified atom stereocenters. The molecule has 0 aliphatic carbocycles. The molecule has 3 aromatic carbocycles. The Balaban J connectivity index is 1.81. The van der Waals surface area contributed by atoms with Gasteiger partial charge in [-0.05, 0) is 68.8 Å². The molecule has 1 heterocycles. The summed E-state index contributed by atoms with van der Waals surface area (Å²) in [4.78, 5) is 28.0. The van der Waals surface area contributed by atoms with Crippen molar-refractivity contribution in [3.63, 3.8) is 0 Å². The number of likely N-dealkylation sites (tertiary alicyclic amines) is 1. The van der Waals surface area contributed by atoms with Crippen LogP contribution in [0.25, 0.3) is 5.76 Å². The van der Waals surface area contributed by atoms with Gasteiger partial charge in [0.1, 0.15) is 23.0 Å². The quantitative estimate of drug-likeness (QED) is 0.184. The van der Waals surface area contributed by atoms with E-state index in [0.717, 1.165) is 0 Å². The SMILES string of the molecule is CCOc1ccc(Cl)c(/C(O)=C2\C(=O)C(=O)N(CCOC(C)C)C2c2cccc(Oc3ccccc3)c2)c1. The molecule has 4 rings (SSSR count). The van der Waals surface area contributed by atoms with E-state index in [2.05, 4.69) is 0 Å². The van der Waals surface area contributed by atoms with Crippen LogP contribution in [-0.4, -0.2) is 47.6 Å². The second kappa shape index (κ2) is 12.2. The third-order valence-electron chi connectivity index (χ3n) is 5.98. The summed E-state index contributed by atoms with van der Waals surface area (Å²) in [5.41, 5.74) is 0.739. The monoisotopic (exact) mass is 535 g/mol. The van der Waals surface area contributed by atoms with E-state index in [0.29, 0.717) is 29.4 Å². The fraction of sp³-hybridized carbons (Fsp3) is 0.267. The van der Waals surface area contributed by atoms with E-state index in [1.807, 2.05) is 51.1 Å². The number of carbonyl (C=O) groups is 2. The van der Waals surface area contributed by atoms with Crippen LogP contribution in [0.15, 0.2) is 78.4 Å². The average molecular weight is 536 g/mol. The molecule has 0 spiro atoms. The Morgan fingerprint density at radius 3 is 2.42 bits per heavy atom. The first-order valence-electron chi connectivity index (χ1n) is 12.5. The third kappa shape index (κ3) is 6.01. The highest BCUT2D eigenvalue weighted by atomic mass is 35.5. The highest BCUT2D eigenvalue weighted by Crippen LogP contribution is 2.42. The minimum Gasteiger partial charge on any atom is -0.507 e. The summed E-state index contributed by atoms with van der Waals surface area (Å²) >= 11 is 6.42. The lowest BCUT2D eigenvalue weighted by molar-refractivity contribution is -0.140. The summed E-state index contributed by atoms with van der Waals surface area (Å²) in [6.45, 7) is 6.41. The van der Waals surface area contributed by atoms with Gasteiger partial charge in [0.2, 0.25) is 0 Å². The number of para-hydroxylation sites is 1. The lowest BCUT2D eigenvalue weighted by atomic mass is 9.95. The maximum Gasteiger partial charge on any atom is 0.295 e. The van der Waals surface area contributed by atoms with Gasteiger partial charge in [0.05, 0.1) is 36.0 Å². The van der Waals surface area contributed by atoms with Crippen LogP contribution in [0.3, 0.4) is 0 Å². The maximum absolute atomic E-state index is 13.4. The summed E-state index contributed by atoms with van der Waals surface area (Å²) in [6, 6.07) is 20.3. The number of aliphatic hydroxyl groups excluding tert-OH is 1. The normalized spacial score (nSPS) is 16.8. The first kappa shape index (κ1) is 27.2. The fourth-order valence-electron chi connectivity index (χ4n) is 4.30. The van der Waals surface area contributed by atoms with E-state index in [1.165, 1.54) is 4.90 Å². The predicted molar refractivity (Wildman–Crippen MR) is 146 cm³/mol. The molecular formula is C30H30ClNO6. The Morgan fingerprint density at radius 1 is 0.974 bits per heavy atom. The molecule has 1 saturated heterocycles. The number of halogens is 1. The van der Waals surface area contributed by atoms with Crippen molar-refractivity contribution in [2.75, 3.05) is 19.8 Å². The highest BCUT2D eigenvalue weighted by molar-refractivity contribution is 6.47. The summed E-state index contributed by atoms with van der Waals surface area (Å²) in [7, 11) is 0. The zero-order valence-electron chi connectivity index (χ0n) is 21.5. The van der Waals surface area contributed by atoms with Gasteiger partial charge in [-0.3, -0.25) is 9.59 Å². The Hall–Kier alpha value is -3.81. The number of benzene rings is 3. The van der Waals surface area contributed by atoms with Gasteiger partial charge < -0.3 is 24.2 Å². The molecule has 0 bridgehead atoms. The number of aliphatic hydroxyl groups is 1. The van der Waals surface area contributed by atoms with Crippen molar-refractivity contribution >= 4 is 29.1 Å². The van der Waals surface area contributed by atoms with Crippen molar-refractivity contribution in [2.24, 2.45) is 0 Å². The molecule has 38 heavy (non-hydrogen) atoms. The van der Waals surface area contributed by atoms with Crippen LogP contribution in [0, 0.1) is 0 Å². The molecule has 1 aliphatic rings. The van der Waals surface area contributed by atoms with Gasteiger partial charge in [0.15, 0.2) is 0 Å². The van der Waals surface area contributed by atoms with Crippen molar-refractivity contribution in [1.29, 1.82) is 0 Å². The average Bonchev–Trinajstić information content (AvgIpc) is 3.15. The van der Waals surface area contributed by atoms with Crippen LogP contribution in [0.2, 0.25) is 5.02 Å². The summed E-state index contributed by atoms with van der Waals surface area (Å²) < 4.78 is 17.2. The second-order valence-electron chi connectivity index (χ2n) is 8.97. The smallest absolute Gasteiger partial charge is 0.295 e. The molecule has 1 amide bonds. The van der Waals surface area contributed by atoms with E-state index in [1.54, 1.807) is 42.5 Å². The molecule has 0 aromatic heterocycles. The summed E-state index contributed by atoms with van der Waals surface area (Å²) in [5.74, 6) is -0.258. The third-order valence-corrected chi connectivity index (χ3v) is 6.31. The van der Waals surface area contributed by atoms with E-state index in [-0.39, 0.29) is 41.2 Å². The van der Waals surface area contributed by atoms with E-state index >= 15 is 0 Å². The van der Waals surface area contributed by atoms with Gasteiger partial charge >= 0.3 is 0 Å². The minimum atomic E-state index is -0.878. The Morgan fingerprint density at radius 2 is 1.71 bits per heavy atom. The molecule has 8 heteroatoms. The maximum atomic E-state index is 13.4. The van der Waals surface area contributed by atoms with Gasteiger partial charge in [-0.1, -0.05) is 41.9 Å². The highest BCUT2D eigenvalue weighted by Gasteiger charge is 2.46. The molecule has 1 N–H and O–H groups in total. The number of hydrogen-bond donors (Lipinski definition) is 1. The second-order valence-corrected chi connectivity index (χ2v) is 9.38. The number of hydrogen-bond acceptors (Lipinski definition) is 6. The van der Waals surface area contributed by atoms with E-state index in [4.69, 9.17) is 25.8 Å². The molecule has 0 saturated carbocycles. The number of carbonyl (C=O) groups excluding carboxylic acids is 2. The van der Waals surface area contributed by atoms with Gasteiger partial charge in [-0.25, -0.2) is 0 Å². The molecule has 7 nitrogen and oxygen atoms in total. The molecule has 1 atom stereocenters. The van der Waals surface area contributed by atoms with Gasteiger partial charge in [0.25, 0.3) is 11.7 Å². The molecule has 1 fully saturated rings. The Bertz CT molecular complexity index is 1340. The minimum absolute atomic E-state index is 0.0482. The van der Waals surface area contributed by atoms with Crippen molar-refractivity contribution in [3.8, 4) is 17.2 Å². The number of ether oxygens (including phenoxy) is 3. The van der Waals surface area contributed by atoms with Crippen LogP contribution < -0.4 is 9.47 Å². The number of amides is 1. The molecule has 198 valence electrons. The molecular weight excluding hydrogens is 506 g/mol. The van der Waals surface area contributed by atoms with Crippen LogP contribution in [0.5, 0.6) is 17.2 Å². The van der Waals surface area contributed by atoms with Crippen molar-refractivity contribution in [1.82, 2.24) is 4.90 Å². The molecule has 3 aromatic rings. The molecule has 0 radical (unpaired) electrons. The van der Waals surface area contributed by atoms with Crippen LogP contribution in [0.4, 0.5) is 0 Å². The summed E-state index contributed by atoms with van der Waals surface area (Å²) in [5, 5.41) is 11.6. The van der Waals surface area contributed by atoms with Gasteiger partial charge in [-0.15, -0.1) is 0 Å². The number of rotatable bonds is 10. The number of Topliss-reactive ketones (excluding diaryl/α,β-unsaturated/α-hetero) is 1. The first-order valence-corrected chi connectivity index (χ1v) is 12.8. The van der Waals surface area contributed by atoms with Crippen molar-refractivity contribution < 1.29 is 28.9 Å². The van der Waals surface area contributed by atoms with Crippen LogP contribution in [-0.2, 0) is 14.3 Å². The van der Waals surface area contributed by atoms with E-state index < -0.39 is 17.7 Å². The Labute approximate surface area is 227 Å². The van der Waals surface area contributed by atoms with Gasteiger partial charge in [-0.2, -0.15) is 0 Å². The molecule has 1 aliphatic heterocycles. The van der Waals surface area contributed by atoms with E-state index in [9.17, 15) is 14.7 Å². The zero-order chi connectivity index (χ0) is 27.2. The zero-order valence-corrected chi connectivity index (χ0v) is 22.3. The predicted octanol–water partition coefficient (Wildman–Crippen LogP) is 6.38. The van der Waals surface area contributed by atoms with Gasteiger partial charge in [0, 0.05) is 12.1 Å². The topological polar surface area (TPSA) is 85.3 Å². The fourth-order valence-corrected chi connectivity index (χ4v) is 4.51.